The van der Waals surface area contributed by atoms with E-state index in [1.54, 1.807) is 0 Å². The maximum atomic E-state index is 8.81. The Morgan fingerprint density at radius 2 is 1.90 bits per heavy atom. The van der Waals surface area contributed by atoms with Gasteiger partial charge in [0.05, 0.1) is 0 Å². The molecule has 2 atom stereocenters. The number of oxime groups is 1. The fourth-order valence-electron chi connectivity index (χ4n) is 2.47. The van der Waals surface area contributed by atoms with E-state index in [0.717, 1.165) is 25.2 Å². The summed E-state index contributed by atoms with van der Waals surface area (Å²) in [5.41, 5.74) is 6.84. The number of likely N-dealkylation sites (N-methyl/N-ethyl adjacent to an activating group) is 1. The minimum absolute atomic E-state index is 0.0488. The zero-order chi connectivity index (χ0) is 15.7. The third-order valence-corrected chi connectivity index (χ3v) is 3.66. The number of hydrogen-bond donors (Lipinski definition) is 3. The Hall–Kier alpha value is -1.59. The van der Waals surface area contributed by atoms with E-state index in [-0.39, 0.29) is 11.9 Å². The summed E-state index contributed by atoms with van der Waals surface area (Å²) in [5.74, 6) is 0.242. The molecular weight excluding hydrogens is 264 g/mol. The van der Waals surface area contributed by atoms with Gasteiger partial charge < -0.3 is 21.2 Å². The first-order valence-electron chi connectivity index (χ1n) is 7.60. The lowest BCUT2D eigenvalue weighted by molar-refractivity contribution is 0.261. The number of nitrogens with zero attached hydrogens (tertiary/aromatic N) is 2. The molecule has 0 radical (unpaired) electrons. The molecule has 0 aliphatic carbocycles. The van der Waals surface area contributed by atoms with Crippen LogP contribution in [-0.2, 0) is 0 Å². The van der Waals surface area contributed by atoms with Gasteiger partial charge in [-0.2, -0.15) is 0 Å². The van der Waals surface area contributed by atoms with Crippen molar-refractivity contribution in [3.05, 3.63) is 35.9 Å². The molecule has 2 unspecified atom stereocenters. The monoisotopic (exact) mass is 292 g/mol. The summed E-state index contributed by atoms with van der Waals surface area (Å²) in [7, 11) is 0. The van der Waals surface area contributed by atoms with Gasteiger partial charge in [-0.05, 0) is 25.6 Å². The Balaban J connectivity index is 2.73. The van der Waals surface area contributed by atoms with Crippen molar-refractivity contribution in [2.75, 3.05) is 19.6 Å². The van der Waals surface area contributed by atoms with Gasteiger partial charge in [-0.25, -0.2) is 0 Å². The second-order valence-corrected chi connectivity index (χ2v) is 5.31. The maximum Gasteiger partial charge on any atom is 0.141 e. The van der Waals surface area contributed by atoms with Crippen LogP contribution in [0.3, 0.4) is 0 Å². The van der Waals surface area contributed by atoms with Crippen LogP contribution in [0.15, 0.2) is 35.5 Å². The first kappa shape index (κ1) is 17.5. The van der Waals surface area contributed by atoms with Crippen LogP contribution in [0.25, 0.3) is 0 Å². The standard InChI is InChI=1S/C16H28N4O/c1-4-20(5-2)12-13(3)18-15(11-16(17)19-21)14-9-7-6-8-10-14/h6-10,13,15,18,21H,4-5,11-12H2,1-3H3,(H2,17,19). The number of amidine groups is 1. The van der Waals surface area contributed by atoms with Gasteiger partial charge in [-0.1, -0.05) is 49.3 Å². The highest BCUT2D eigenvalue weighted by Crippen LogP contribution is 2.17. The molecule has 4 N–H and O–H groups in total. The predicted molar refractivity (Wildman–Crippen MR) is 87.6 cm³/mol. The number of nitrogens with two attached hydrogens (primary N) is 1. The van der Waals surface area contributed by atoms with Crippen molar-refractivity contribution in [3.63, 3.8) is 0 Å². The van der Waals surface area contributed by atoms with E-state index in [1.807, 2.05) is 18.2 Å². The van der Waals surface area contributed by atoms with Crippen LogP contribution in [0.2, 0.25) is 0 Å². The van der Waals surface area contributed by atoms with E-state index in [1.165, 1.54) is 0 Å². The third kappa shape index (κ3) is 6.14. The SMILES string of the molecule is CCN(CC)CC(C)NC(CC(N)=NO)c1ccccc1. The van der Waals surface area contributed by atoms with Crippen molar-refractivity contribution in [2.24, 2.45) is 10.9 Å². The zero-order valence-corrected chi connectivity index (χ0v) is 13.3. The molecule has 118 valence electrons. The van der Waals surface area contributed by atoms with Gasteiger partial charge in [0.2, 0.25) is 0 Å². The fourth-order valence-corrected chi connectivity index (χ4v) is 2.47. The van der Waals surface area contributed by atoms with Gasteiger partial charge in [0.25, 0.3) is 0 Å². The third-order valence-electron chi connectivity index (χ3n) is 3.66. The van der Waals surface area contributed by atoms with Crippen molar-refractivity contribution in [1.82, 2.24) is 10.2 Å². The van der Waals surface area contributed by atoms with Gasteiger partial charge in [-0.3, -0.25) is 0 Å². The molecule has 0 heterocycles. The number of rotatable bonds is 9. The van der Waals surface area contributed by atoms with Gasteiger partial charge in [0.1, 0.15) is 5.84 Å². The molecule has 0 amide bonds. The van der Waals surface area contributed by atoms with Crippen LogP contribution in [0.4, 0.5) is 0 Å². The number of nitrogens with one attached hydrogen (secondary N) is 1. The molecule has 0 saturated carbocycles. The van der Waals surface area contributed by atoms with E-state index in [9.17, 15) is 0 Å². The first-order chi connectivity index (χ1) is 10.1. The largest absolute Gasteiger partial charge is 0.409 e. The fraction of sp³-hybridized carbons (Fsp3) is 0.562. The molecule has 0 saturated heterocycles. The molecule has 0 aromatic heterocycles. The van der Waals surface area contributed by atoms with Crippen LogP contribution in [0, 0.1) is 0 Å². The quantitative estimate of drug-likeness (QED) is 0.282. The Bertz CT molecular complexity index is 418. The smallest absolute Gasteiger partial charge is 0.141 e. The molecule has 5 nitrogen and oxygen atoms in total. The van der Waals surface area contributed by atoms with Crippen LogP contribution in [-0.4, -0.2) is 41.6 Å². The van der Waals surface area contributed by atoms with Crippen molar-refractivity contribution >= 4 is 5.84 Å². The Morgan fingerprint density at radius 1 is 1.29 bits per heavy atom. The van der Waals surface area contributed by atoms with Crippen LogP contribution in [0.1, 0.15) is 38.8 Å². The van der Waals surface area contributed by atoms with Crippen molar-refractivity contribution in [2.45, 2.75) is 39.3 Å². The molecule has 1 aromatic carbocycles. The molecule has 0 fully saturated rings. The topological polar surface area (TPSA) is 73.9 Å². The normalized spacial score (nSPS) is 15.1. The molecule has 0 spiro atoms. The lowest BCUT2D eigenvalue weighted by atomic mass is 10.0. The summed E-state index contributed by atoms with van der Waals surface area (Å²) in [5, 5.41) is 15.5. The summed E-state index contributed by atoms with van der Waals surface area (Å²) >= 11 is 0. The van der Waals surface area contributed by atoms with Crippen molar-refractivity contribution < 1.29 is 5.21 Å². The first-order valence-corrected chi connectivity index (χ1v) is 7.60. The minimum Gasteiger partial charge on any atom is -0.409 e. The molecular formula is C16H28N4O. The van der Waals surface area contributed by atoms with E-state index in [2.05, 4.69) is 48.3 Å². The van der Waals surface area contributed by atoms with Crippen LogP contribution >= 0.6 is 0 Å². The lowest BCUT2D eigenvalue weighted by Gasteiger charge is -2.28. The second-order valence-electron chi connectivity index (χ2n) is 5.31. The molecule has 1 aromatic rings. The van der Waals surface area contributed by atoms with E-state index < -0.39 is 0 Å². The average Bonchev–Trinajstić information content (AvgIpc) is 2.52. The zero-order valence-electron chi connectivity index (χ0n) is 13.3. The molecule has 0 aliphatic heterocycles. The summed E-state index contributed by atoms with van der Waals surface area (Å²) in [4.78, 5) is 2.38. The van der Waals surface area contributed by atoms with Gasteiger partial charge >= 0.3 is 0 Å². The van der Waals surface area contributed by atoms with Gasteiger partial charge in [0.15, 0.2) is 0 Å². The van der Waals surface area contributed by atoms with Gasteiger partial charge in [-0.15, -0.1) is 0 Å². The van der Waals surface area contributed by atoms with Crippen molar-refractivity contribution in [3.8, 4) is 0 Å². The molecule has 1 rings (SSSR count). The van der Waals surface area contributed by atoms with Gasteiger partial charge in [0, 0.05) is 25.0 Å². The Kier molecular flexibility index (Phi) is 7.79. The summed E-state index contributed by atoms with van der Waals surface area (Å²) < 4.78 is 0. The molecule has 21 heavy (non-hydrogen) atoms. The summed E-state index contributed by atoms with van der Waals surface area (Å²) in [6, 6.07) is 10.5. The molecule has 0 bridgehead atoms. The second kappa shape index (κ2) is 9.37. The summed E-state index contributed by atoms with van der Waals surface area (Å²) in [6.07, 6.45) is 0.489. The summed E-state index contributed by atoms with van der Waals surface area (Å²) in [6.45, 7) is 9.56. The molecule has 0 aliphatic rings. The minimum atomic E-state index is 0.0488. The van der Waals surface area contributed by atoms with Crippen molar-refractivity contribution in [1.29, 1.82) is 0 Å². The van der Waals surface area contributed by atoms with Crippen LogP contribution in [0.5, 0.6) is 0 Å². The predicted octanol–water partition coefficient (Wildman–Crippen LogP) is 2.18. The number of hydrogen-bond acceptors (Lipinski definition) is 4. The van der Waals surface area contributed by atoms with E-state index in [4.69, 9.17) is 10.9 Å². The highest BCUT2D eigenvalue weighted by Gasteiger charge is 2.17. The average molecular weight is 292 g/mol. The maximum absolute atomic E-state index is 8.81. The Labute approximate surface area is 127 Å². The van der Waals surface area contributed by atoms with Crippen LogP contribution < -0.4 is 11.1 Å². The highest BCUT2D eigenvalue weighted by molar-refractivity contribution is 5.80. The lowest BCUT2D eigenvalue weighted by Crippen LogP contribution is -2.41. The highest BCUT2D eigenvalue weighted by atomic mass is 16.4. The van der Waals surface area contributed by atoms with E-state index >= 15 is 0 Å². The van der Waals surface area contributed by atoms with E-state index in [0.29, 0.717) is 12.5 Å². The number of benzene rings is 1. The molecule has 5 heteroatoms. The Morgan fingerprint density at radius 3 is 2.43 bits per heavy atom.